The third-order valence-corrected chi connectivity index (χ3v) is 2.18. The lowest BCUT2D eigenvalue weighted by molar-refractivity contribution is -0.384. The van der Waals surface area contributed by atoms with Crippen LogP contribution in [0, 0.1) is 10.1 Å². The highest BCUT2D eigenvalue weighted by Gasteiger charge is 2.08. The number of imidazole rings is 1. The monoisotopic (exact) mass is 247 g/mol. The number of nitrogens with zero attached hydrogens (tertiary/aromatic N) is 3. The minimum Gasteiger partial charge on any atom is -0.335 e. The van der Waals surface area contributed by atoms with Crippen LogP contribution >= 0.6 is 0 Å². The molecule has 0 fully saturated rings. The van der Waals surface area contributed by atoms with E-state index >= 15 is 0 Å². The summed E-state index contributed by atoms with van der Waals surface area (Å²) in [6.45, 7) is 0. The summed E-state index contributed by atoms with van der Waals surface area (Å²) in [6.07, 6.45) is 4.37. The Hall–Kier alpha value is -2.70. The third kappa shape index (κ3) is 2.91. The summed E-state index contributed by atoms with van der Waals surface area (Å²) in [5.41, 5.74) is 0.632. The van der Waals surface area contributed by atoms with Crippen LogP contribution in [0.15, 0.2) is 43.0 Å². The maximum Gasteiger partial charge on any atom is 0.337 e. The largest absolute Gasteiger partial charge is 0.337 e. The molecule has 0 unspecified atom stereocenters. The van der Waals surface area contributed by atoms with Crippen LogP contribution in [0.4, 0.5) is 5.69 Å². The molecule has 0 saturated heterocycles. The standard InChI is InChI=1S/C11H9N3O4/c15-11(18-13-6-5-12-8-13)7-9-1-3-10(4-2-9)14(16)17/h1-6,8H,7H2. The summed E-state index contributed by atoms with van der Waals surface area (Å²) in [6, 6.07) is 5.74. The van der Waals surface area contributed by atoms with Gasteiger partial charge in [-0.1, -0.05) is 12.1 Å². The van der Waals surface area contributed by atoms with Crippen LogP contribution in [0.1, 0.15) is 5.56 Å². The average molecular weight is 247 g/mol. The van der Waals surface area contributed by atoms with Gasteiger partial charge in [0.15, 0.2) is 0 Å². The van der Waals surface area contributed by atoms with Gasteiger partial charge in [-0.2, -0.15) is 4.73 Å². The number of rotatable bonds is 4. The van der Waals surface area contributed by atoms with Crippen LogP contribution in [-0.2, 0) is 11.2 Å². The van der Waals surface area contributed by atoms with Gasteiger partial charge >= 0.3 is 5.97 Å². The Labute approximate surface area is 102 Å². The Morgan fingerprint density at radius 1 is 1.39 bits per heavy atom. The average Bonchev–Trinajstić information content (AvgIpc) is 2.82. The van der Waals surface area contributed by atoms with Gasteiger partial charge in [-0.25, -0.2) is 9.78 Å². The van der Waals surface area contributed by atoms with E-state index in [1.165, 1.54) is 47.7 Å². The molecule has 0 aliphatic carbocycles. The number of non-ortho nitro benzene ring substituents is 1. The first kappa shape index (κ1) is 11.8. The van der Waals surface area contributed by atoms with E-state index in [1.807, 2.05) is 0 Å². The van der Waals surface area contributed by atoms with Crippen molar-refractivity contribution in [2.24, 2.45) is 0 Å². The van der Waals surface area contributed by atoms with Crippen molar-refractivity contribution in [3.63, 3.8) is 0 Å². The quantitative estimate of drug-likeness (QED) is 0.593. The van der Waals surface area contributed by atoms with Crippen molar-refractivity contribution in [3.05, 3.63) is 58.7 Å². The van der Waals surface area contributed by atoms with E-state index in [2.05, 4.69) is 4.98 Å². The first-order valence-electron chi connectivity index (χ1n) is 5.07. The highest BCUT2D eigenvalue weighted by molar-refractivity contribution is 5.72. The molecule has 18 heavy (non-hydrogen) atoms. The minimum absolute atomic E-state index is 0.0123. The molecule has 1 aromatic heterocycles. The zero-order chi connectivity index (χ0) is 13.0. The van der Waals surface area contributed by atoms with Gasteiger partial charge in [-0.15, -0.1) is 0 Å². The molecule has 0 radical (unpaired) electrons. The van der Waals surface area contributed by atoms with Crippen molar-refractivity contribution >= 4 is 11.7 Å². The van der Waals surface area contributed by atoms with E-state index in [9.17, 15) is 14.9 Å². The molecule has 2 aromatic rings. The Bertz CT molecular complexity index is 548. The van der Waals surface area contributed by atoms with Crippen LogP contribution in [0.25, 0.3) is 0 Å². The molecular formula is C11H9N3O4. The lowest BCUT2D eigenvalue weighted by Gasteiger charge is -2.03. The number of hydrogen-bond donors (Lipinski definition) is 0. The number of aromatic nitrogens is 2. The smallest absolute Gasteiger partial charge is 0.335 e. The number of nitro groups is 1. The third-order valence-electron chi connectivity index (χ3n) is 2.18. The highest BCUT2D eigenvalue weighted by Crippen LogP contribution is 2.12. The molecule has 0 spiro atoms. The SMILES string of the molecule is O=C(Cc1ccc([N+](=O)[O-])cc1)On1ccnc1. The van der Waals surface area contributed by atoms with Crippen LogP contribution in [0.2, 0.25) is 0 Å². The first-order chi connectivity index (χ1) is 8.65. The summed E-state index contributed by atoms with van der Waals surface area (Å²) in [7, 11) is 0. The second kappa shape index (κ2) is 5.09. The molecule has 0 saturated carbocycles. The summed E-state index contributed by atoms with van der Waals surface area (Å²) in [5.74, 6) is -0.471. The van der Waals surface area contributed by atoms with Crippen molar-refractivity contribution < 1.29 is 14.6 Å². The fourth-order valence-corrected chi connectivity index (χ4v) is 1.35. The Morgan fingerprint density at radius 3 is 2.67 bits per heavy atom. The van der Waals surface area contributed by atoms with Gasteiger partial charge < -0.3 is 4.84 Å². The Kier molecular flexibility index (Phi) is 3.33. The highest BCUT2D eigenvalue weighted by atomic mass is 16.7. The van der Waals surface area contributed by atoms with Gasteiger partial charge in [0.2, 0.25) is 0 Å². The Balaban J connectivity index is 1.97. The predicted molar refractivity (Wildman–Crippen MR) is 60.6 cm³/mol. The number of nitro benzene ring substituents is 1. The van der Waals surface area contributed by atoms with E-state index in [4.69, 9.17) is 4.84 Å². The van der Waals surface area contributed by atoms with Gasteiger partial charge in [-0.05, 0) is 5.56 Å². The molecular weight excluding hydrogens is 238 g/mol. The van der Waals surface area contributed by atoms with E-state index in [0.29, 0.717) is 5.56 Å². The minimum atomic E-state index is -0.492. The van der Waals surface area contributed by atoms with Gasteiger partial charge in [0.1, 0.15) is 6.33 Å². The van der Waals surface area contributed by atoms with Crippen LogP contribution in [0.3, 0.4) is 0 Å². The maximum absolute atomic E-state index is 11.5. The molecule has 1 aromatic carbocycles. The van der Waals surface area contributed by atoms with E-state index in [0.717, 1.165) is 0 Å². The summed E-state index contributed by atoms with van der Waals surface area (Å²) in [4.78, 5) is 30.1. The van der Waals surface area contributed by atoms with Gasteiger partial charge in [-0.3, -0.25) is 10.1 Å². The van der Waals surface area contributed by atoms with E-state index in [1.54, 1.807) is 0 Å². The molecule has 92 valence electrons. The van der Waals surface area contributed by atoms with Crippen molar-refractivity contribution in [3.8, 4) is 0 Å². The molecule has 2 rings (SSSR count). The maximum atomic E-state index is 11.5. The van der Waals surface area contributed by atoms with Gasteiger partial charge in [0.05, 0.1) is 17.5 Å². The van der Waals surface area contributed by atoms with Crippen molar-refractivity contribution in [2.75, 3.05) is 0 Å². The molecule has 1 heterocycles. The van der Waals surface area contributed by atoms with Crippen LogP contribution in [0.5, 0.6) is 0 Å². The zero-order valence-electron chi connectivity index (χ0n) is 9.22. The topological polar surface area (TPSA) is 87.3 Å². The summed E-state index contributed by atoms with van der Waals surface area (Å²) in [5, 5.41) is 10.4. The van der Waals surface area contributed by atoms with E-state index < -0.39 is 10.9 Å². The second-order valence-corrected chi connectivity index (χ2v) is 3.49. The first-order valence-corrected chi connectivity index (χ1v) is 5.07. The molecule has 0 atom stereocenters. The number of carbonyl (C=O) groups is 1. The van der Waals surface area contributed by atoms with Gasteiger partial charge in [0, 0.05) is 18.3 Å². The molecule has 0 bridgehead atoms. The fraction of sp³-hybridized carbons (Fsp3) is 0.0909. The second-order valence-electron chi connectivity index (χ2n) is 3.49. The van der Waals surface area contributed by atoms with Crippen molar-refractivity contribution in [2.45, 2.75) is 6.42 Å². The summed E-state index contributed by atoms with van der Waals surface area (Å²) >= 11 is 0. The molecule has 7 heteroatoms. The number of benzene rings is 1. The predicted octanol–water partition coefficient (Wildman–Crippen LogP) is 0.989. The molecule has 0 N–H and O–H groups in total. The lowest BCUT2D eigenvalue weighted by atomic mass is 10.1. The van der Waals surface area contributed by atoms with E-state index in [-0.39, 0.29) is 12.1 Å². The Morgan fingerprint density at radius 2 is 2.11 bits per heavy atom. The lowest BCUT2D eigenvalue weighted by Crippen LogP contribution is -2.20. The van der Waals surface area contributed by atoms with Gasteiger partial charge in [0.25, 0.3) is 5.69 Å². The normalized spacial score (nSPS) is 10.0. The van der Waals surface area contributed by atoms with Crippen molar-refractivity contribution in [1.29, 1.82) is 0 Å². The van der Waals surface area contributed by atoms with Crippen LogP contribution in [-0.4, -0.2) is 20.6 Å². The fourth-order valence-electron chi connectivity index (χ4n) is 1.35. The molecule has 0 aliphatic heterocycles. The molecule has 0 aliphatic rings. The number of hydrogen-bond acceptors (Lipinski definition) is 5. The zero-order valence-corrected chi connectivity index (χ0v) is 9.22. The number of carbonyl (C=O) groups excluding carboxylic acids is 1. The molecule has 7 nitrogen and oxygen atoms in total. The summed E-state index contributed by atoms with van der Waals surface area (Å²) < 4.78 is 1.19. The van der Waals surface area contributed by atoms with Crippen molar-refractivity contribution in [1.82, 2.24) is 9.71 Å². The van der Waals surface area contributed by atoms with Crippen LogP contribution < -0.4 is 4.84 Å². The molecule has 0 amide bonds.